The van der Waals surface area contributed by atoms with E-state index in [2.05, 4.69) is 98.6 Å². The Morgan fingerprint density at radius 2 is 1.29 bits per heavy atom. The van der Waals surface area contributed by atoms with Crippen LogP contribution in [0.2, 0.25) is 5.02 Å². The van der Waals surface area contributed by atoms with Gasteiger partial charge in [-0.05, 0) is 163 Å². The van der Waals surface area contributed by atoms with Crippen LogP contribution in [0.5, 0.6) is 0 Å². The highest BCUT2D eigenvalue weighted by Crippen LogP contribution is 2.35. The zero-order valence-corrected chi connectivity index (χ0v) is 35.0. The Kier molecular flexibility index (Phi) is 14.5. The SMILES string of the molecule is O=C(NOCC1CC1)c1cc(Cl)c(F)c(F)c1Nc1ccc(I)cc1Br.O=C(NOCC1CC1)c1ccc([N+](=O)[O-])cc1Nc1ccc(I)cc1Br. The Balaban J connectivity index is 0.000000201. The number of benzene rings is 4. The van der Waals surface area contributed by atoms with E-state index in [-0.39, 0.29) is 22.5 Å². The monoisotopic (exact) mass is 1090 g/mol. The van der Waals surface area contributed by atoms with Crippen LogP contribution in [0.4, 0.5) is 37.2 Å². The fraction of sp³-hybridized carbons (Fsp3) is 0.235. The lowest BCUT2D eigenvalue weighted by atomic mass is 10.1. The first-order chi connectivity index (χ1) is 24.8. The summed E-state index contributed by atoms with van der Waals surface area (Å²) >= 11 is 16.8. The molecule has 2 amide bonds. The standard InChI is InChI=1S/C17H13BrClF2IN2O2.C17H15BrIN3O4/c18-11-5-9(22)3-4-13(11)23-16-10(6-12(19)14(20)15(16)21)17(25)24-26-7-8-1-2-8;18-14-7-11(19)3-6-15(14)20-16-8-12(22(24)25)4-5-13(16)17(23)21-26-9-10-1-2-10/h3-6,8,23H,1-2,7H2,(H,24,25);3-8,10,20H,1-2,9H2,(H,21,23). The van der Waals surface area contributed by atoms with E-state index in [9.17, 15) is 28.5 Å². The number of hydrogen-bond donors (Lipinski definition) is 4. The number of amides is 2. The van der Waals surface area contributed by atoms with Crippen molar-refractivity contribution in [3.8, 4) is 0 Å². The molecule has 0 bridgehead atoms. The molecule has 4 N–H and O–H groups in total. The molecule has 0 aliphatic heterocycles. The number of carbonyl (C=O) groups is 2. The molecule has 2 saturated carbocycles. The van der Waals surface area contributed by atoms with Crippen molar-refractivity contribution in [1.82, 2.24) is 11.0 Å². The Morgan fingerprint density at radius 3 is 1.79 bits per heavy atom. The average Bonchev–Trinajstić information content (AvgIpc) is 4.04. The first kappa shape index (κ1) is 40.5. The van der Waals surface area contributed by atoms with Gasteiger partial charge < -0.3 is 10.6 Å². The van der Waals surface area contributed by atoms with E-state index < -0.39 is 33.4 Å². The summed E-state index contributed by atoms with van der Waals surface area (Å²) in [5, 5.41) is 16.5. The van der Waals surface area contributed by atoms with Gasteiger partial charge >= 0.3 is 0 Å². The van der Waals surface area contributed by atoms with Gasteiger partial charge in [-0.2, -0.15) is 0 Å². The highest BCUT2D eigenvalue weighted by Gasteiger charge is 2.26. The van der Waals surface area contributed by atoms with Gasteiger partial charge in [-0.1, -0.05) is 11.6 Å². The third-order valence-electron chi connectivity index (χ3n) is 7.62. The largest absolute Gasteiger partial charge is 0.354 e. The predicted octanol–water partition coefficient (Wildman–Crippen LogP) is 10.6. The van der Waals surface area contributed by atoms with Crippen LogP contribution in [-0.4, -0.2) is 30.0 Å². The Morgan fingerprint density at radius 1 is 0.769 bits per heavy atom. The van der Waals surface area contributed by atoms with Gasteiger partial charge in [-0.15, -0.1) is 0 Å². The summed E-state index contributed by atoms with van der Waals surface area (Å²) in [6, 6.07) is 16.0. The first-order valence-corrected chi connectivity index (χ1v) is 19.7. The first-order valence-electron chi connectivity index (χ1n) is 15.5. The molecule has 0 atom stereocenters. The van der Waals surface area contributed by atoms with E-state index in [1.165, 1.54) is 18.2 Å². The molecule has 2 aliphatic carbocycles. The Hall–Kier alpha value is -2.69. The van der Waals surface area contributed by atoms with E-state index in [4.69, 9.17) is 21.3 Å². The van der Waals surface area contributed by atoms with Crippen LogP contribution in [0.25, 0.3) is 0 Å². The van der Waals surface area contributed by atoms with Gasteiger partial charge in [0.05, 0.1) is 57.0 Å². The van der Waals surface area contributed by atoms with Gasteiger partial charge in [0.2, 0.25) is 0 Å². The number of nitrogens with zero attached hydrogens (tertiary/aromatic N) is 1. The number of nitro groups is 1. The molecule has 274 valence electrons. The molecule has 0 heterocycles. The Bertz CT molecular complexity index is 2010. The van der Waals surface area contributed by atoms with E-state index in [0.717, 1.165) is 43.4 Å². The fourth-order valence-corrected chi connectivity index (χ4v) is 7.42. The number of nitrogens with one attached hydrogen (secondary N) is 4. The number of halogens is 7. The molecule has 4 aromatic rings. The van der Waals surface area contributed by atoms with Crippen LogP contribution >= 0.6 is 88.6 Å². The van der Waals surface area contributed by atoms with Gasteiger partial charge in [0.1, 0.15) is 0 Å². The van der Waals surface area contributed by atoms with Crippen LogP contribution in [-0.2, 0) is 9.68 Å². The van der Waals surface area contributed by atoms with E-state index in [1.807, 2.05) is 18.2 Å². The Labute approximate surface area is 345 Å². The highest BCUT2D eigenvalue weighted by atomic mass is 127. The third-order valence-corrected chi connectivity index (χ3v) is 10.5. The lowest BCUT2D eigenvalue weighted by molar-refractivity contribution is -0.384. The van der Waals surface area contributed by atoms with Crippen LogP contribution in [0.1, 0.15) is 46.4 Å². The summed E-state index contributed by atoms with van der Waals surface area (Å²) in [4.78, 5) is 45.7. The van der Waals surface area contributed by atoms with E-state index >= 15 is 0 Å². The van der Waals surface area contributed by atoms with Crippen molar-refractivity contribution in [1.29, 1.82) is 0 Å². The minimum atomic E-state index is -1.24. The summed E-state index contributed by atoms with van der Waals surface area (Å²) in [5.41, 5.74) is 5.83. The van der Waals surface area contributed by atoms with Gasteiger partial charge in [-0.25, -0.2) is 19.7 Å². The fourth-order valence-electron chi connectivity index (χ4n) is 4.43. The lowest BCUT2D eigenvalue weighted by Gasteiger charge is -2.15. The second kappa shape index (κ2) is 18.6. The van der Waals surface area contributed by atoms with Crippen molar-refractivity contribution < 1.29 is 33.0 Å². The van der Waals surface area contributed by atoms with Gasteiger partial charge in [0.15, 0.2) is 11.6 Å². The second-order valence-electron chi connectivity index (χ2n) is 11.8. The number of non-ortho nitro benzene ring substituents is 1. The number of hydrogen-bond acceptors (Lipinski definition) is 8. The van der Waals surface area contributed by atoms with Gasteiger partial charge in [-0.3, -0.25) is 29.4 Å². The third kappa shape index (κ3) is 11.4. The number of rotatable bonds is 13. The summed E-state index contributed by atoms with van der Waals surface area (Å²) in [6.07, 6.45) is 4.34. The zero-order valence-electron chi connectivity index (χ0n) is 26.7. The summed E-state index contributed by atoms with van der Waals surface area (Å²) in [6.45, 7) is 0.860. The maximum atomic E-state index is 14.5. The predicted molar refractivity (Wildman–Crippen MR) is 217 cm³/mol. The molecule has 0 unspecified atom stereocenters. The molecule has 0 aromatic heterocycles. The molecule has 0 spiro atoms. The maximum Gasteiger partial charge on any atom is 0.277 e. The molecular weight excluding hydrogens is 1060 g/mol. The minimum absolute atomic E-state index is 0.107. The van der Waals surface area contributed by atoms with Crippen molar-refractivity contribution in [3.63, 3.8) is 0 Å². The van der Waals surface area contributed by atoms with Gasteiger partial charge in [0.25, 0.3) is 17.5 Å². The van der Waals surface area contributed by atoms with Gasteiger partial charge in [0, 0.05) is 28.2 Å². The molecule has 11 nitrogen and oxygen atoms in total. The smallest absolute Gasteiger partial charge is 0.277 e. The zero-order chi connectivity index (χ0) is 37.5. The molecule has 0 radical (unpaired) electrons. The summed E-state index contributed by atoms with van der Waals surface area (Å²) in [7, 11) is 0. The number of anilines is 4. The minimum Gasteiger partial charge on any atom is -0.354 e. The normalized spacial score (nSPS) is 13.4. The molecule has 4 aromatic carbocycles. The van der Waals surface area contributed by atoms with Crippen molar-refractivity contribution in [3.05, 3.63) is 115 Å². The molecule has 0 saturated heterocycles. The number of carbonyl (C=O) groups excluding carboxylic acids is 2. The topological polar surface area (TPSA) is 144 Å². The molecule has 6 rings (SSSR count). The quantitative estimate of drug-likeness (QED) is 0.0449. The number of hydroxylamine groups is 2. The maximum absolute atomic E-state index is 14.5. The van der Waals surface area contributed by atoms with Crippen molar-refractivity contribution in [2.75, 3.05) is 23.8 Å². The van der Waals surface area contributed by atoms with E-state index in [1.54, 1.807) is 18.2 Å². The lowest BCUT2D eigenvalue weighted by Crippen LogP contribution is -2.26. The molecule has 52 heavy (non-hydrogen) atoms. The average molecular weight is 1090 g/mol. The van der Waals surface area contributed by atoms with E-state index in [0.29, 0.717) is 46.6 Å². The summed E-state index contributed by atoms with van der Waals surface area (Å²) in [5.74, 6) is -2.70. The molecule has 2 fully saturated rings. The summed E-state index contributed by atoms with van der Waals surface area (Å²) < 4.78 is 31.8. The highest BCUT2D eigenvalue weighted by molar-refractivity contribution is 14.1. The van der Waals surface area contributed by atoms with Crippen LogP contribution < -0.4 is 21.6 Å². The van der Waals surface area contributed by atoms with Crippen LogP contribution in [0.15, 0.2) is 69.6 Å². The number of nitro benzene ring substituents is 1. The van der Waals surface area contributed by atoms with Crippen molar-refractivity contribution in [2.24, 2.45) is 11.8 Å². The second-order valence-corrected chi connectivity index (χ2v) is 16.4. The molecule has 2 aliphatic rings. The van der Waals surface area contributed by atoms with Crippen molar-refractivity contribution in [2.45, 2.75) is 25.7 Å². The molecule has 18 heteroatoms. The van der Waals surface area contributed by atoms with Crippen molar-refractivity contribution >= 4 is 129 Å². The van der Waals surface area contributed by atoms with Crippen LogP contribution in [0, 0.1) is 40.7 Å². The van der Waals surface area contributed by atoms with Crippen LogP contribution in [0.3, 0.4) is 0 Å². The molecular formula is C34H28Br2ClF2I2N5O6.